The summed E-state index contributed by atoms with van der Waals surface area (Å²) in [5.41, 5.74) is 3.11. The van der Waals surface area contributed by atoms with E-state index in [9.17, 15) is 0 Å². The first-order valence-corrected chi connectivity index (χ1v) is 10.6. The molecule has 0 spiro atoms. The van der Waals surface area contributed by atoms with Crippen molar-refractivity contribution in [2.24, 2.45) is 0 Å². The van der Waals surface area contributed by atoms with Crippen molar-refractivity contribution in [3.05, 3.63) is 89.9 Å². The van der Waals surface area contributed by atoms with E-state index >= 15 is 0 Å². The van der Waals surface area contributed by atoms with Crippen LogP contribution in [-0.2, 0) is 12.2 Å². The number of para-hydroxylation sites is 1. The molecule has 0 amide bonds. The number of aromatic nitrogens is 3. The second-order valence-corrected chi connectivity index (χ2v) is 7.82. The molecule has 0 bridgehead atoms. The molecule has 148 valence electrons. The zero-order valence-electron chi connectivity index (χ0n) is 16.4. The SMILES string of the molecule is COc1ccc(Cc2nnc(SCc3nc4ccccc4c4ccccc34)o2)cc1. The van der Waals surface area contributed by atoms with Gasteiger partial charge in [-0.25, -0.2) is 0 Å². The van der Waals surface area contributed by atoms with Gasteiger partial charge in [0.2, 0.25) is 5.89 Å². The summed E-state index contributed by atoms with van der Waals surface area (Å²) in [6, 6.07) is 24.5. The zero-order valence-corrected chi connectivity index (χ0v) is 17.2. The maximum absolute atomic E-state index is 5.85. The van der Waals surface area contributed by atoms with Crippen molar-refractivity contribution in [1.29, 1.82) is 0 Å². The van der Waals surface area contributed by atoms with Gasteiger partial charge >= 0.3 is 0 Å². The Morgan fingerprint density at radius 1 is 0.833 bits per heavy atom. The Balaban J connectivity index is 1.35. The molecule has 2 heterocycles. The highest BCUT2D eigenvalue weighted by atomic mass is 32.2. The van der Waals surface area contributed by atoms with Crippen LogP contribution in [0.15, 0.2) is 82.4 Å². The Bertz CT molecular complexity index is 1320. The van der Waals surface area contributed by atoms with Gasteiger partial charge in [-0.05, 0) is 29.1 Å². The van der Waals surface area contributed by atoms with Crippen LogP contribution in [0.1, 0.15) is 17.1 Å². The van der Waals surface area contributed by atoms with Crippen molar-refractivity contribution >= 4 is 33.4 Å². The van der Waals surface area contributed by atoms with E-state index in [1.165, 1.54) is 22.5 Å². The number of thioether (sulfide) groups is 1. The fourth-order valence-electron chi connectivity index (χ4n) is 3.50. The lowest BCUT2D eigenvalue weighted by Gasteiger charge is -2.08. The number of hydrogen-bond acceptors (Lipinski definition) is 6. The highest BCUT2D eigenvalue weighted by Gasteiger charge is 2.12. The van der Waals surface area contributed by atoms with Crippen LogP contribution in [0.4, 0.5) is 0 Å². The summed E-state index contributed by atoms with van der Waals surface area (Å²) in [6.07, 6.45) is 0.592. The molecule has 5 aromatic rings. The minimum atomic E-state index is 0.553. The zero-order chi connectivity index (χ0) is 20.3. The minimum absolute atomic E-state index is 0.553. The van der Waals surface area contributed by atoms with Gasteiger partial charge in [-0.1, -0.05) is 66.4 Å². The van der Waals surface area contributed by atoms with Crippen LogP contribution in [0.5, 0.6) is 5.75 Å². The van der Waals surface area contributed by atoms with Gasteiger partial charge in [0.05, 0.1) is 24.7 Å². The third-order valence-electron chi connectivity index (χ3n) is 4.98. The fourth-order valence-corrected chi connectivity index (χ4v) is 4.23. The van der Waals surface area contributed by atoms with Crippen LogP contribution in [-0.4, -0.2) is 22.3 Å². The molecule has 0 radical (unpaired) electrons. The van der Waals surface area contributed by atoms with Crippen molar-refractivity contribution < 1.29 is 9.15 Å². The van der Waals surface area contributed by atoms with E-state index < -0.39 is 0 Å². The second kappa shape index (κ2) is 8.16. The van der Waals surface area contributed by atoms with Gasteiger partial charge in [0, 0.05) is 16.5 Å². The summed E-state index contributed by atoms with van der Waals surface area (Å²) in [4.78, 5) is 4.89. The third kappa shape index (κ3) is 3.74. The smallest absolute Gasteiger partial charge is 0.276 e. The number of methoxy groups -OCH3 is 1. The molecule has 0 N–H and O–H groups in total. The van der Waals surface area contributed by atoms with E-state index in [0.717, 1.165) is 27.9 Å². The van der Waals surface area contributed by atoms with Crippen LogP contribution in [0.3, 0.4) is 0 Å². The van der Waals surface area contributed by atoms with E-state index in [2.05, 4.69) is 40.5 Å². The topological polar surface area (TPSA) is 61.0 Å². The average molecular weight is 414 g/mol. The van der Waals surface area contributed by atoms with Crippen LogP contribution in [0, 0.1) is 0 Å². The van der Waals surface area contributed by atoms with Gasteiger partial charge < -0.3 is 9.15 Å². The quantitative estimate of drug-likeness (QED) is 0.264. The summed E-state index contributed by atoms with van der Waals surface area (Å²) >= 11 is 1.51. The molecule has 0 aliphatic carbocycles. The largest absolute Gasteiger partial charge is 0.497 e. The number of benzene rings is 3. The molecule has 0 aliphatic rings. The number of rotatable bonds is 6. The van der Waals surface area contributed by atoms with Gasteiger partial charge in [0.15, 0.2) is 0 Å². The highest BCUT2D eigenvalue weighted by Crippen LogP contribution is 2.30. The average Bonchev–Trinajstić information content (AvgIpc) is 3.25. The number of nitrogens with zero attached hydrogens (tertiary/aromatic N) is 3. The molecule has 0 fully saturated rings. The van der Waals surface area contributed by atoms with Crippen LogP contribution in [0.2, 0.25) is 0 Å². The summed E-state index contributed by atoms with van der Waals surface area (Å²) in [5, 5.41) is 12.5. The summed E-state index contributed by atoms with van der Waals surface area (Å²) in [6.45, 7) is 0. The molecule has 5 rings (SSSR count). The van der Waals surface area contributed by atoms with Crippen molar-refractivity contribution in [2.75, 3.05) is 7.11 Å². The molecule has 3 aromatic carbocycles. The predicted octanol–water partition coefficient (Wildman–Crippen LogP) is 5.66. The van der Waals surface area contributed by atoms with Crippen molar-refractivity contribution in [3.8, 4) is 5.75 Å². The number of ether oxygens (including phenoxy) is 1. The Kier molecular flexibility index (Phi) is 5.07. The monoisotopic (exact) mass is 413 g/mol. The van der Waals surface area contributed by atoms with E-state index in [4.69, 9.17) is 14.1 Å². The molecule has 0 saturated heterocycles. The molecular formula is C24H19N3O2S. The maximum atomic E-state index is 5.85. The maximum Gasteiger partial charge on any atom is 0.276 e. The molecule has 0 atom stereocenters. The standard InChI is InChI=1S/C24H19N3O2S/c1-28-17-12-10-16(11-13-17)14-23-26-27-24(29-23)30-15-22-20-8-3-2-6-18(20)19-7-4-5-9-21(19)25-22/h2-13H,14-15H2,1H3. The first-order chi connectivity index (χ1) is 14.8. The summed E-state index contributed by atoms with van der Waals surface area (Å²) in [7, 11) is 1.66. The van der Waals surface area contributed by atoms with E-state index in [0.29, 0.717) is 23.3 Å². The van der Waals surface area contributed by atoms with Gasteiger partial charge in [-0.2, -0.15) is 0 Å². The normalized spacial score (nSPS) is 11.2. The van der Waals surface area contributed by atoms with E-state index in [-0.39, 0.29) is 0 Å². The number of hydrogen-bond donors (Lipinski definition) is 0. The Labute approximate surface area is 178 Å². The third-order valence-corrected chi connectivity index (χ3v) is 5.81. The van der Waals surface area contributed by atoms with E-state index in [1.807, 2.05) is 42.5 Å². The fraction of sp³-hybridized carbons (Fsp3) is 0.125. The van der Waals surface area contributed by atoms with Gasteiger partial charge in [0.1, 0.15) is 5.75 Å². The molecule has 0 saturated carbocycles. The Hall–Kier alpha value is -3.38. The van der Waals surface area contributed by atoms with Crippen LogP contribution >= 0.6 is 11.8 Å². The number of pyridine rings is 1. The van der Waals surface area contributed by atoms with Gasteiger partial charge in [0.25, 0.3) is 5.22 Å². The van der Waals surface area contributed by atoms with Gasteiger partial charge in [-0.15, -0.1) is 10.2 Å². The molecule has 30 heavy (non-hydrogen) atoms. The lowest BCUT2D eigenvalue weighted by Crippen LogP contribution is -1.92. The predicted molar refractivity (Wildman–Crippen MR) is 119 cm³/mol. The van der Waals surface area contributed by atoms with Crippen LogP contribution < -0.4 is 4.74 Å². The lowest BCUT2D eigenvalue weighted by atomic mass is 10.0. The molecule has 2 aromatic heterocycles. The first kappa shape index (κ1) is 18.6. The Morgan fingerprint density at radius 2 is 1.57 bits per heavy atom. The highest BCUT2D eigenvalue weighted by molar-refractivity contribution is 7.98. The Morgan fingerprint density at radius 3 is 2.37 bits per heavy atom. The first-order valence-electron chi connectivity index (χ1n) is 9.64. The van der Waals surface area contributed by atoms with Crippen molar-refractivity contribution in [1.82, 2.24) is 15.2 Å². The molecular weight excluding hydrogens is 394 g/mol. The van der Waals surface area contributed by atoms with Crippen molar-refractivity contribution in [3.63, 3.8) is 0 Å². The second-order valence-electron chi connectivity index (χ2n) is 6.90. The van der Waals surface area contributed by atoms with Crippen molar-refractivity contribution in [2.45, 2.75) is 17.4 Å². The minimum Gasteiger partial charge on any atom is -0.497 e. The lowest BCUT2D eigenvalue weighted by molar-refractivity contribution is 0.413. The number of fused-ring (bicyclic) bond motifs is 3. The van der Waals surface area contributed by atoms with Crippen LogP contribution in [0.25, 0.3) is 21.7 Å². The molecule has 0 aliphatic heterocycles. The summed E-state index contributed by atoms with van der Waals surface area (Å²) in [5.74, 6) is 2.09. The molecule has 6 heteroatoms. The van der Waals surface area contributed by atoms with E-state index in [1.54, 1.807) is 7.11 Å². The van der Waals surface area contributed by atoms with Gasteiger partial charge in [-0.3, -0.25) is 4.98 Å². The molecule has 0 unspecified atom stereocenters. The summed E-state index contributed by atoms with van der Waals surface area (Å²) < 4.78 is 11.0. The molecule has 5 nitrogen and oxygen atoms in total.